The number of hydrogen-bond acceptors (Lipinski definition) is 2. The minimum Gasteiger partial charge on any atom is -0.244 e. The van der Waals surface area contributed by atoms with Crippen LogP contribution in [0.25, 0.3) is 44.0 Å². The van der Waals surface area contributed by atoms with Crippen molar-refractivity contribution in [2.24, 2.45) is 0 Å². The second-order valence-corrected chi connectivity index (χ2v) is 7.00. The van der Waals surface area contributed by atoms with E-state index in [1.54, 1.807) is 0 Å². The van der Waals surface area contributed by atoms with E-state index in [1.807, 2.05) is 54.6 Å². The number of halogens is 2. The van der Waals surface area contributed by atoms with Crippen molar-refractivity contribution in [2.45, 2.75) is 0 Å². The fourth-order valence-corrected chi connectivity index (χ4v) is 3.62. The van der Waals surface area contributed by atoms with Crippen molar-refractivity contribution in [2.75, 3.05) is 0 Å². The summed E-state index contributed by atoms with van der Waals surface area (Å²) in [5, 5.41) is 3.27. The molecule has 0 unspecified atom stereocenters. The molecule has 0 aliphatic carbocycles. The second-order valence-electron chi connectivity index (χ2n) is 6.18. The molecule has 4 heteroatoms. The molecule has 1 heterocycles. The van der Waals surface area contributed by atoms with Gasteiger partial charge in [-0.25, -0.2) is 9.97 Å². The lowest BCUT2D eigenvalue weighted by Gasteiger charge is -2.11. The molecule has 0 N–H and O–H groups in total. The molecule has 0 atom stereocenters. The monoisotopic (exact) mass is 374 g/mol. The molecule has 0 aliphatic rings. The molecule has 2 nitrogen and oxygen atoms in total. The van der Waals surface area contributed by atoms with E-state index in [4.69, 9.17) is 33.2 Å². The summed E-state index contributed by atoms with van der Waals surface area (Å²) in [6.07, 6.45) is 0. The van der Waals surface area contributed by atoms with E-state index < -0.39 is 0 Å². The maximum absolute atomic E-state index is 6.26. The number of rotatable bonds is 1. The first-order chi connectivity index (χ1) is 12.7. The Morgan fingerprint density at radius 3 is 2.08 bits per heavy atom. The van der Waals surface area contributed by atoms with E-state index in [9.17, 15) is 0 Å². The van der Waals surface area contributed by atoms with Crippen molar-refractivity contribution in [3.63, 3.8) is 0 Å². The number of benzene rings is 4. The van der Waals surface area contributed by atoms with Gasteiger partial charge in [0.15, 0.2) is 0 Å². The Hall–Kier alpha value is -2.68. The van der Waals surface area contributed by atoms with Crippen LogP contribution in [0.1, 0.15) is 0 Å². The molecular formula is C22H12Cl2N2. The molecule has 5 aromatic rings. The number of nitrogens with zero attached hydrogens (tertiary/aromatic N) is 2. The van der Waals surface area contributed by atoms with Crippen LogP contribution in [0.4, 0.5) is 0 Å². The third kappa shape index (κ3) is 2.42. The molecule has 0 amide bonds. The summed E-state index contributed by atoms with van der Waals surface area (Å²) < 4.78 is 0. The summed E-state index contributed by atoms with van der Waals surface area (Å²) in [6.45, 7) is 0. The first-order valence-corrected chi connectivity index (χ1v) is 9.00. The van der Waals surface area contributed by atoms with Gasteiger partial charge in [-0.2, -0.15) is 0 Å². The van der Waals surface area contributed by atoms with E-state index >= 15 is 0 Å². The van der Waals surface area contributed by atoms with E-state index in [1.165, 1.54) is 0 Å². The molecule has 0 spiro atoms. The largest absolute Gasteiger partial charge is 0.244 e. The van der Waals surface area contributed by atoms with Gasteiger partial charge in [-0.15, -0.1) is 0 Å². The van der Waals surface area contributed by atoms with Gasteiger partial charge in [0.1, 0.15) is 0 Å². The maximum Gasteiger partial charge on any atom is 0.0979 e. The number of fused-ring (bicyclic) bond motifs is 4. The van der Waals surface area contributed by atoms with Crippen LogP contribution < -0.4 is 0 Å². The Bertz CT molecular complexity index is 1310. The van der Waals surface area contributed by atoms with Crippen molar-refractivity contribution < 1.29 is 0 Å². The van der Waals surface area contributed by atoms with Gasteiger partial charge in [0.2, 0.25) is 0 Å². The van der Waals surface area contributed by atoms with E-state index in [-0.39, 0.29) is 0 Å². The van der Waals surface area contributed by atoms with Gasteiger partial charge >= 0.3 is 0 Å². The molecule has 0 saturated carbocycles. The van der Waals surface area contributed by atoms with Crippen molar-refractivity contribution >= 4 is 56.0 Å². The fraction of sp³-hybridized carbons (Fsp3) is 0. The lowest BCUT2D eigenvalue weighted by atomic mass is 9.98. The smallest absolute Gasteiger partial charge is 0.0979 e. The predicted octanol–water partition coefficient (Wildman–Crippen LogP) is 6.91. The SMILES string of the molecule is Clc1ccc(-c2cc3ccccc3c3nc4ccccc4nc23)cc1Cl. The summed E-state index contributed by atoms with van der Waals surface area (Å²) >= 11 is 12.4. The van der Waals surface area contributed by atoms with Crippen LogP contribution in [0.5, 0.6) is 0 Å². The van der Waals surface area contributed by atoms with E-state index in [2.05, 4.69) is 18.2 Å². The topological polar surface area (TPSA) is 25.8 Å². The lowest BCUT2D eigenvalue weighted by molar-refractivity contribution is 1.40. The summed E-state index contributed by atoms with van der Waals surface area (Å²) in [4.78, 5) is 9.83. The van der Waals surface area contributed by atoms with Crippen LogP contribution in [-0.4, -0.2) is 9.97 Å². The van der Waals surface area contributed by atoms with Crippen molar-refractivity contribution in [1.29, 1.82) is 0 Å². The third-order valence-corrected chi connectivity index (χ3v) is 5.31. The average molecular weight is 375 g/mol. The van der Waals surface area contributed by atoms with Gasteiger partial charge in [-0.3, -0.25) is 0 Å². The highest BCUT2D eigenvalue weighted by Gasteiger charge is 2.13. The normalized spacial score (nSPS) is 11.5. The molecule has 1 aromatic heterocycles. The maximum atomic E-state index is 6.26. The van der Waals surface area contributed by atoms with Crippen LogP contribution in [0.3, 0.4) is 0 Å². The minimum atomic E-state index is 0.527. The Balaban J connectivity index is 1.97. The summed E-state index contributed by atoms with van der Waals surface area (Å²) in [5.74, 6) is 0. The highest BCUT2D eigenvalue weighted by atomic mass is 35.5. The quantitative estimate of drug-likeness (QED) is 0.235. The van der Waals surface area contributed by atoms with Crippen LogP contribution in [-0.2, 0) is 0 Å². The minimum absolute atomic E-state index is 0.527. The zero-order chi connectivity index (χ0) is 17.7. The van der Waals surface area contributed by atoms with E-state index in [0.29, 0.717) is 10.0 Å². The molecule has 4 aromatic carbocycles. The Kier molecular flexibility index (Phi) is 3.56. The van der Waals surface area contributed by atoms with E-state index in [0.717, 1.165) is 44.0 Å². The number of aromatic nitrogens is 2. The Labute approximate surface area is 160 Å². The fourth-order valence-electron chi connectivity index (χ4n) is 3.32. The Morgan fingerprint density at radius 2 is 1.31 bits per heavy atom. The van der Waals surface area contributed by atoms with Gasteiger partial charge in [-0.1, -0.05) is 65.7 Å². The van der Waals surface area contributed by atoms with Crippen molar-refractivity contribution in [3.8, 4) is 11.1 Å². The molecule has 0 saturated heterocycles. The van der Waals surface area contributed by atoms with Crippen LogP contribution in [0, 0.1) is 0 Å². The molecule has 0 aliphatic heterocycles. The van der Waals surface area contributed by atoms with Gasteiger partial charge in [0, 0.05) is 10.9 Å². The molecule has 0 fully saturated rings. The average Bonchev–Trinajstić information content (AvgIpc) is 2.68. The zero-order valence-electron chi connectivity index (χ0n) is 13.6. The number of para-hydroxylation sites is 2. The number of hydrogen-bond donors (Lipinski definition) is 0. The lowest BCUT2D eigenvalue weighted by Crippen LogP contribution is -1.92. The highest BCUT2D eigenvalue weighted by Crippen LogP contribution is 2.36. The predicted molar refractivity (Wildman–Crippen MR) is 110 cm³/mol. The summed E-state index contributed by atoms with van der Waals surface area (Å²) in [7, 11) is 0. The standard InChI is InChI=1S/C22H12Cl2N2/c23-17-10-9-14(12-18(17)24)16-11-13-5-1-2-6-15(13)21-22(16)26-20-8-4-3-7-19(20)25-21/h1-12H. The molecule has 26 heavy (non-hydrogen) atoms. The summed E-state index contributed by atoms with van der Waals surface area (Å²) in [5.41, 5.74) is 5.48. The van der Waals surface area contributed by atoms with Gasteiger partial charge in [0.25, 0.3) is 0 Å². The van der Waals surface area contributed by atoms with Crippen LogP contribution in [0.2, 0.25) is 10.0 Å². The molecule has 124 valence electrons. The highest BCUT2D eigenvalue weighted by molar-refractivity contribution is 6.42. The first-order valence-electron chi connectivity index (χ1n) is 8.24. The third-order valence-electron chi connectivity index (χ3n) is 4.57. The van der Waals surface area contributed by atoms with Crippen molar-refractivity contribution in [1.82, 2.24) is 9.97 Å². The molecule has 0 radical (unpaired) electrons. The summed E-state index contributed by atoms with van der Waals surface area (Å²) in [6, 6.07) is 24.0. The van der Waals surface area contributed by atoms with Crippen molar-refractivity contribution in [3.05, 3.63) is 82.8 Å². The van der Waals surface area contributed by atoms with Gasteiger partial charge < -0.3 is 0 Å². The Morgan fingerprint density at radius 1 is 0.615 bits per heavy atom. The molecular weight excluding hydrogens is 363 g/mol. The van der Waals surface area contributed by atoms with Crippen LogP contribution >= 0.6 is 23.2 Å². The van der Waals surface area contributed by atoms with Gasteiger partial charge in [0.05, 0.1) is 32.1 Å². The first kappa shape index (κ1) is 15.6. The van der Waals surface area contributed by atoms with Crippen LogP contribution in [0.15, 0.2) is 72.8 Å². The molecule has 0 bridgehead atoms. The zero-order valence-corrected chi connectivity index (χ0v) is 15.1. The molecule has 5 rings (SSSR count). The van der Waals surface area contributed by atoms with Gasteiger partial charge in [-0.05, 0) is 41.3 Å². The second kappa shape index (κ2) is 5.94.